The number of carbonyl (C=O) groups excluding carboxylic acids is 3. The molecule has 1 aliphatic carbocycles. The summed E-state index contributed by atoms with van der Waals surface area (Å²) in [6, 6.07) is 0. The predicted molar refractivity (Wildman–Crippen MR) is 174 cm³/mol. The maximum Gasteiger partial charge on any atom is 0.404 e. The molecule has 0 fully saturated rings. The van der Waals surface area contributed by atoms with Gasteiger partial charge in [-0.2, -0.15) is 0 Å². The zero-order valence-corrected chi connectivity index (χ0v) is 28.4. The van der Waals surface area contributed by atoms with Crippen LogP contribution in [-0.4, -0.2) is 75.5 Å². The van der Waals surface area contributed by atoms with Crippen molar-refractivity contribution in [3.8, 4) is 0 Å². The molecule has 1 aliphatic rings. The van der Waals surface area contributed by atoms with Gasteiger partial charge in [0.1, 0.15) is 0 Å². The summed E-state index contributed by atoms with van der Waals surface area (Å²) in [5, 5.41) is 31.6. The third-order valence-corrected chi connectivity index (χ3v) is 3.85. The number of hydrogen-bond acceptors (Lipinski definition) is 9. The van der Waals surface area contributed by atoms with Crippen LogP contribution in [0.4, 0.5) is 9.59 Å². The first-order chi connectivity index (χ1) is 20.6. The number of primary amides is 2. The molecular weight excluding hydrogens is 608 g/mol. The molecule has 0 radical (unpaired) electrons. The van der Waals surface area contributed by atoms with Gasteiger partial charge < -0.3 is 41.4 Å². The van der Waals surface area contributed by atoms with Crippen LogP contribution in [0.2, 0.25) is 0 Å². The minimum Gasteiger partial charge on any atom is -0.478 e. The van der Waals surface area contributed by atoms with Crippen LogP contribution in [0.5, 0.6) is 0 Å². The van der Waals surface area contributed by atoms with E-state index >= 15 is 0 Å². The van der Waals surface area contributed by atoms with E-state index in [1.54, 1.807) is 19.9 Å². The number of ether oxygens (including phenoxy) is 2. The normalized spacial score (nSPS) is 11.2. The predicted octanol–water partition coefficient (Wildman–Crippen LogP) is 5.11. The first kappa shape index (κ1) is 53.4. The Kier molecular flexibility index (Phi) is 36.2. The van der Waals surface area contributed by atoms with Gasteiger partial charge in [-0.3, -0.25) is 4.79 Å². The average molecular weight is 661 g/mol. The van der Waals surface area contributed by atoms with Crippen molar-refractivity contribution in [1.29, 1.82) is 0 Å². The fourth-order valence-corrected chi connectivity index (χ4v) is 1.95. The first-order valence-corrected chi connectivity index (χ1v) is 13.2. The molecule has 0 heterocycles. The van der Waals surface area contributed by atoms with E-state index < -0.39 is 36.1 Å². The molecule has 8 N–H and O–H groups in total. The lowest BCUT2D eigenvalue weighted by molar-refractivity contribution is -0.133. The molecule has 2 amide bonds. The highest BCUT2D eigenvalue weighted by atomic mass is 16.5. The summed E-state index contributed by atoms with van der Waals surface area (Å²) in [6.07, 6.45) is 2.13. The molecule has 0 aromatic heterocycles. The fraction of sp³-hybridized carbons (Fsp3) is 0.452. The largest absolute Gasteiger partial charge is 0.478 e. The number of amides is 2. The van der Waals surface area contributed by atoms with E-state index in [2.05, 4.69) is 61.1 Å². The van der Waals surface area contributed by atoms with Gasteiger partial charge in [0.2, 0.25) is 0 Å². The summed E-state index contributed by atoms with van der Waals surface area (Å²) in [5.41, 5.74) is 11.2. The summed E-state index contributed by atoms with van der Waals surface area (Å²) >= 11 is 0. The number of carboxylic acids is 4. The molecule has 15 nitrogen and oxygen atoms in total. The molecule has 0 unspecified atom stereocenters. The molecule has 0 aromatic rings. The molecule has 15 heteroatoms. The van der Waals surface area contributed by atoms with Crippen molar-refractivity contribution >= 4 is 41.8 Å². The van der Waals surface area contributed by atoms with Crippen LogP contribution in [-0.2, 0) is 33.4 Å². The molecule has 0 spiro atoms. The zero-order valence-electron chi connectivity index (χ0n) is 28.4. The molecule has 0 atom stereocenters. The van der Waals surface area contributed by atoms with Crippen LogP contribution >= 0.6 is 0 Å². The second kappa shape index (κ2) is 31.2. The fourth-order valence-electron chi connectivity index (χ4n) is 1.95. The van der Waals surface area contributed by atoms with Crippen molar-refractivity contribution in [3.63, 3.8) is 0 Å². The van der Waals surface area contributed by atoms with Crippen LogP contribution in [0.1, 0.15) is 75.2 Å². The van der Waals surface area contributed by atoms with Crippen molar-refractivity contribution in [2.24, 2.45) is 16.9 Å². The zero-order chi connectivity index (χ0) is 38.4. The summed E-state index contributed by atoms with van der Waals surface area (Å²) in [5.74, 6) is -3.45. The molecule has 0 saturated carbocycles. The number of nitrogens with two attached hydrogens (primary N) is 2. The number of carbonyl (C=O) groups is 7. The molecule has 0 aliphatic heterocycles. The molecule has 0 aromatic carbocycles. The number of carboxylic acid groups (broad SMARTS) is 4. The Morgan fingerprint density at radius 2 is 0.891 bits per heavy atom. The van der Waals surface area contributed by atoms with Crippen LogP contribution < -0.4 is 11.5 Å². The standard InChI is InChI=1S/C9H14O.4C4H6O2.2C3H7NO2/c1-7-4-8(10)6-9(2,3)5-7;4*1-3(2)4(5)6;2*1-2-6-3(4)5/h4H,5-6H2,1-3H3;4*1H2,2H3,(H,5,6);2*2H2,1H3,(H2,4,5). The van der Waals surface area contributed by atoms with Crippen molar-refractivity contribution in [2.75, 3.05) is 13.2 Å². The van der Waals surface area contributed by atoms with Gasteiger partial charge in [0, 0.05) is 28.7 Å². The van der Waals surface area contributed by atoms with E-state index in [0.717, 1.165) is 6.42 Å². The molecule has 0 saturated heterocycles. The molecule has 0 bridgehead atoms. The minimum atomic E-state index is -0.935. The summed E-state index contributed by atoms with van der Waals surface area (Å²) in [7, 11) is 0. The van der Waals surface area contributed by atoms with Crippen molar-refractivity contribution in [1.82, 2.24) is 0 Å². The third kappa shape index (κ3) is 58.4. The maximum atomic E-state index is 11.0. The number of hydrogen-bond donors (Lipinski definition) is 6. The van der Waals surface area contributed by atoms with E-state index in [1.165, 1.54) is 33.3 Å². The molecule has 1 rings (SSSR count). The highest BCUT2D eigenvalue weighted by Gasteiger charge is 2.25. The van der Waals surface area contributed by atoms with Crippen molar-refractivity contribution in [3.05, 3.63) is 60.3 Å². The Balaban J connectivity index is -0.000000103. The average Bonchev–Trinajstić information content (AvgIpc) is 2.84. The summed E-state index contributed by atoms with van der Waals surface area (Å²) < 4.78 is 8.36. The van der Waals surface area contributed by atoms with Crippen LogP contribution in [0.15, 0.2) is 60.3 Å². The second-order valence-electron chi connectivity index (χ2n) is 9.82. The van der Waals surface area contributed by atoms with Gasteiger partial charge in [0.25, 0.3) is 0 Å². The third-order valence-electron chi connectivity index (χ3n) is 3.85. The molecule has 264 valence electrons. The van der Waals surface area contributed by atoms with Gasteiger partial charge in [-0.15, -0.1) is 0 Å². The summed E-state index contributed by atoms with van der Waals surface area (Å²) in [6.45, 7) is 28.8. The Labute approximate surface area is 270 Å². The second-order valence-corrected chi connectivity index (χ2v) is 9.82. The molecule has 46 heavy (non-hydrogen) atoms. The first-order valence-electron chi connectivity index (χ1n) is 13.2. The van der Waals surface area contributed by atoms with Gasteiger partial charge in [0.05, 0.1) is 13.2 Å². The van der Waals surface area contributed by atoms with Gasteiger partial charge in [-0.05, 0) is 66.4 Å². The monoisotopic (exact) mass is 660 g/mol. The highest BCUT2D eigenvalue weighted by Crippen LogP contribution is 2.32. The number of ketones is 1. The quantitative estimate of drug-likeness (QED) is 0.202. The Hall–Kier alpha value is -5.21. The number of aliphatic carboxylic acids is 4. The van der Waals surface area contributed by atoms with E-state index in [-0.39, 0.29) is 33.5 Å². The Bertz CT molecular complexity index is 942. The van der Waals surface area contributed by atoms with Crippen LogP contribution in [0.3, 0.4) is 0 Å². The van der Waals surface area contributed by atoms with E-state index in [1.807, 2.05) is 6.92 Å². The van der Waals surface area contributed by atoms with E-state index in [9.17, 15) is 33.6 Å². The Morgan fingerprint density at radius 1 is 0.674 bits per heavy atom. The lowest BCUT2D eigenvalue weighted by Gasteiger charge is -2.27. The maximum absolute atomic E-state index is 11.0. The highest BCUT2D eigenvalue weighted by molar-refractivity contribution is 5.91. The lowest BCUT2D eigenvalue weighted by atomic mass is 9.77. The van der Waals surface area contributed by atoms with Crippen LogP contribution in [0.25, 0.3) is 0 Å². The number of allylic oxidation sites excluding steroid dienone is 2. The minimum absolute atomic E-state index is 0.176. The van der Waals surface area contributed by atoms with Gasteiger partial charge in [-0.25, -0.2) is 28.8 Å². The van der Waals surface area contributed by atoms with Gasteiger partial charge >= 0.3 is 36.1 Å². The topological polar surface area (TPSA) is 271 Å². The lowest BCUT2D eigenvalue weighted by Crippen LogP contribution is -2.20. The Morgan fingerprint density at radius 3 is 0.978 bits per heavy atom. The van der Waals surface area contributed by atoms with E-state index in [4.69, 9.17) is 20.4 Å². The summed E-state index contributed by atoms with van der Waals surface area (Å²) in [4.78, 5) is 68.6. The van der Waals surface area contributed by atoms with Crippen molar-refractivity contribution in [2.45, 2.75) is 75.2 Å². The smallest absolute Gasteiger partial charge is 0.404 e. The van der Waals surface area contributed by atoms with Gasteiger partial charge in [-0.1, -0.05) is 45.7 Å². The van der Waals surface area contributed by atoms with E-state index in [0.29, 0.717) is 19.6 Å². The molecular formula is C31H52N2O13. The van der Waals surface area contributed by atoms with Gasteiger partial charge in [0.15, 0.2) is 5.78 Å². The van der Waals surface area contributed by atoms with Crippen molar-refractivity contribution < 1.29 is 63.5 Å². The number of rotatable bonds is 6. The van der Waals surface area contributed by atoms with Crippen LogP contribution in [0, 0.1) is 5.41 Å². The SMILES string of the molecule is C=C(C)C(=O)O.C=C(C)C(=O)O.C=C(C)C(=O)O.C=C(C)C(=O)O.CC1=CC(=O)CC(C)(C)C1.CCOC(N)=O.CCOC(N)=O.